The summed E-state index contributed by atoms with van der Waals surface area (Å²) in [6.07, 6.45) is 0. The van der Waals surface area contributed by atoms with Gasteiger partial charge < -0.3 is 10.5 Å². The average molecular weight is 294 g/mol. The van der Waals surface area contributed by atoms with Crippen molar-refractivity contribution < 1.29 is 9.53 Å². The number of anilines is 1. The standard InChI is InChI=1S/C14H12ClNO2S/c15-10-4-6-13(7-5-10)19-14(17)9-18-12-3-1-2-11(16)8-12/h1-8H,9,16H2. The van der Waals surface area contributed by atoms with Gasteiger partial charge in [0.1, 0.15) is 5.75 Å². The monoisotopic (exact) mass is 293 g/mol. The van der Waals surface area contributed by atoms with Gasteiger partial charge >= 0.3 is 0 Å². The van der Waals surface area contributed by atoms with E-state index in [1.807, 2.05) is 0 Å². The SMILES string of the molecule is Nc1cccc(OCC(=O)Sc2ccc(Cl)cc2)c1. The number of ether oxygens (including phenoxy) is 1. The molecule has 0 spiro atoms. The number of hydrogen-bond acceptors (Lipinski definition) is 4. The van der Waals surface area contributed by atoms with E-state index in [9.17, 15) is 4.79 Å². The highest BCUT2D eigenvalue weighted by molar-refractivity contribution is 8.13. The van der Waals surface area contributed by atoms with E-state index >= 15 is 0 Å². The van der Waals surface area contributed by atoms with E-state index in [0.29, 0.717) is 16.5 Å². The summed E-state index contributed by atoms with van der Waals surface area (Å²) in [7, 11) is 0. The lowest BCUT2D eigenvalue weighted by molar-refractivity contribution is -0.112. The van der Waals surface area contributed by atoms with E-state index in [0.717, 1.165) is 16.7 Å². The molecule has 2 rings (SSSR count). The van der Waals surface area contributed by atoms with Crippen LogP contribution in [0.15, 0.2) is 53.4 Å². The van der Waals surface area contributed by atoms with E-state index in [1.165, 1.54) is 0 Å². The molecule has 0 aliphatic rings. The van der Waals surface area contributed by atoms with Crippen LogP contribution < -0.4 is 10.5 Å². The Morgan fingerprint density at radius 1 is 1.21 bits per heavy atom. The maximum atomic E-state index is 11.7. The first-order valence-corrected chi connectivity index (χ1v) is 6.77. The van der Waals surface area contributed by atoms with E-state index in [-0.39, 0.29) is 11.7 Å². The molecule has 0 aromatic heterocycles. The molecule has 0 aliphatic heterocycles. The quantitative estimate of drug-likeness (QED) is 0.691. The normalized spacial score (nSPS) is 10.2. The van der Waals surface area contributed by atoms with Crippen LogP contribution in [0.1, 0.15) is 0 Å². The molecule has 0 heterocycles. The highest BCUT2D eigenvalue weighted by Crippen LogP contribution is 2.22. The van der Waals surface area contributed by atoms with Gasteiger partial charge in [-0.05, 0) is 48.2 Å². The molecule has 19 heavy (non-hydrogen) atoms. The van der Waals surface area contributed by atoms with Gasteiger partial charge in [-0.2, -0.15) is 0 Å². The molecule has 2 aromatic carbocycles. The Hall–Kier alpha value is -1.65. The average Bonchev–Trinajstić information content (AvgIpc) is 2.39. The van der Waals surface area contributed by atoms with E-state index in [2.05, 4.69) is 0 Å². The molecular formula is C14H12ClNO2S. The maximum Gasteiger partial charge on any atom is 0.231 e. The number of nitrogens with two attached hydrogens (primary N) is 1. The van der Waals surface area contributed by atoms with Gasteiger partial charge in [0.2, 0.25) is 5.12 Å². The summed E-state index contributed by atoms with van der Waals surface area (Å²) in [6.45, 7) is -0.00323. The van der Waals surface area contributed by atoms with Gasteiger partial charge in [0.05, 0.1) is 0 Å². The second-order valence-electron chi connectivity index (χ2n) is 3.79. The third kappa shape index (κ3) is 4.50. The highest BCUT2D eigenvalue weighted by atomic mass is 35.5. The van der Waals surface area contributed by atoms with Crippen molar-refractivity contribution in [3.63, 3.8) is 0 Å². The van der Waals surface area contributed by atoms with Crippen LogP contribution in [-0.2, 0) is 4.79 Å². The largest absolute Gasteiger partial charge is 0.485 e. The predicted molar refractivity (Wildman–Crippen MR) is 78.7 cm³/mol. The van der Waals surface area contributed by atoms with Gasteiger partial charge in [-0.1, -0.05) is 17.7 Å². The van der Waals surface area contributed by atoms with Crippen molar-refractivity contribution in [2.75, 3.05) is 12.3 Å². The zero-order valence-corrected chi connectivity index (χ0v) is 11.6. The lowest BCUT2D eigenvalue weighted by Crippen LogP contribution is -2.07. The molecule has 0 bridgehead atoms. The number of benzene rings is 2. The molecule has 2 N–H and O–H groups in total. The van der Waals surface area contributed by atoms with Crippen LogP contribution in [0.3, 0.4) is 0 Å². The number of hydrogen-bond donors (Lipinski definition) is 1. The van der Waals surface area contributed by atoms with Crippen LogP contribution in [-0.4, -0.2) is 11.7 Å². The Bertz CT molecular complexity index is 572. The lowest BCUT2D eigenvalue weighted by Gasteiger charge is -2.05. The van der Waals surface area contributed by atoms with Crippen LogP contribution >= 0.6 is 23.4 Å². The van der Waals surface area contributed by atoms with Crippen LogP contribution in [0.5, 0.6) is 5.75 Å². The zero-order chi connectivity index (χ0) is 13.7. The molecule has 5 heteroatoms. The first-order chi connectivity index (χ1) is 9.13. The lowest BCUT2D eigenvalue weighted by atomic mass is 10.3. The maximum absolute atomic E-state index is 11.7. The fourth-order valence-electron chi connectivity index (χ4n) is 1.41. The molecule has 0 radical (unpaired) electrons. The molecule has 0 atom stereocenters. The molecular weight excluding hydrogens is 282 g/mol. The number of carbonyl (C=O) groups excluding carboxylic acids is 1. The van der Waals surface area contributed by atoms with Crippen molar-refractivity contribution in [2.24, 2.45) is 0 Å². The van der Waals surface area contributed by atoms with Crippen molar-refractivity contribution in [1.29, 1.82) is 0 Å². The summed E-state index contributed by atoms with van der Waals surface area (Å²) in [5, 5.41) is 0.567. The summed E-state index contributed by atoms with van der Waals surface area (Å²) in [5.74, 6) is 0.588. The van der Waals surface area contributed by atoms with Crippen molar-refractivity contribution in [3.8, 4) is 5.75 Å². The van der Waals surface area contributed by atoms with Crippen molar-refractivity contribution in [2.45, 2.75) is 4.90 Å². The fraction of sp³-hybridized carbons (Fsp3) is 0.0714. The first kappa shape index (κ1) is 13.8. The van der Waals surface area contributed by atoms with E-state index in [4.69, 9.17) is 22.1 Å². The Kier molecular flexibility index (Phi) is 4.71. The number of thioether (sulfide) groups is 1. The van der Waals surface area contributed by atoms with Crippen LogP contribution in [0.4, 0.5) is 5.69 Å². The van der Waals surface area contributed by atoms with Crippen molar-refractivity contribution >= 4 is 34.2 Å². The molecule has 0 aliphatic carbocycles. The number of nitrogen functional groups attached to an aromatic ring is 1. The number of halogens is 1. The summed E-state index contributed by atoms with van der Waals surface area (Å²) in [6, 6.07) is 14.1. The van der Waals surface area contributed by atoms with Crippen LogP contribution in [0, 0.1) is 0 Å². The van der Waals surface area contributed by atoms with Crippen molar-refractivity contribution in [1.82, 2.24) is 0 Å². The van der Waals surface area contributed by atoms with Gasteiger partial charge in [-0.15, -0.1) is 0 Å². The second kappa shape index (κ2) is 6.50. The third-order valence-electron chi connectivity index (χ3n) is 2.26. The predicted octanol–water partition coefficient (Wildman–Crippen LogP) is 3.62. The molecule has 0 amide bonds. The highest BCUT2D eigenvalue weighted by Gasteiger charge is 2.06. The molecule has 0 saturated heterocycles. The summed E-state index contributed by atoms with van der Waals surface area (Å²) in [4.78, 5) is 12.6. The Morgan fingerprint density at radius 2 is 1.95 bits per heavy atom. The summed E-state index contributed by atoms with van der Waals surface area (Å²) >= 11 is 6.90. The third-order valence-corrected chi connectivity index (χ3v) is 3.37. The summed E-state index contributed by atoms with van der Waals surface area (Å²) in [5.41, 5.74) is 6.23. The first-order valence-electron chi connectivity index (χ1n) is 5.58. The minimum absolute atomic E-state index is 0.00323. The van der Waals surface area contributed by atoms with E-state index < -0.39 is 0 Å². The van der Waals surface area contributed by atoms with Gasteiger partial charge in [0.25, 0.3) is 0 Å². The van der Waals surface area contributed by atoms with Gasteiger partial charge in [0, 0.05) is 21.7 Å². The molecule has 2 aromatic rings. The Morgan fingerprint density at radius 3 is 2.63 bits per heavy atom. The fourth-order valence-corrected chi connectivity index (χ4v) is 2.19. The molecule has 0 unspecified atom stereocenters. The minimum atomic E-state index is -0.0789. The van der Waals surface area contributed by atoms with Gasteiger partial charge in [-0.3, -0.25) is 4.79 Å². The molecule has 98 valence electrons. The Labute approximate surface area is 120 Å². The second-order valence-corrected chi connectivity index (χ2v) is 5.36. The van der Waals surface area contributed by atoms with Crippen molar-refractivity contribution in [3.05, 3.63) is 53.6 Å². The molecule has 0 saturated carbocycles. The number of carbonyl (C=O) groups is 1. The zero-order valence-electron chi connectivity index (χ0n) is 10.0. The molecule has 0 fully saturated rings. The van der Waals surface area contributed by atoms with Crippen LogP contribution in [0.2, 0.25) is 5.02 Å². The number of rotatable bonds is 4. The Balaban J connectivity index is 1.86. The van der Waals surface area contributed by atoms with E-state index in [1.54, 1.807) is 48.5 Å². The smallest absolute Gasteiger partial charge is 0.231 e. The van der Waals surface area contributed by atoms with Crippen LogP contribution in [0.25, 0.3) is 0 Å². The summed E-state index contributed by atoms with van der Waals surface area (Å²) < 4.78 is 5.37. The van der Waals surface area contributed by atoms with Gasteiger partial charge in [-0.25, -0.2) is 0 Å². The minimum Gasteiger partial charge on any atom is -0.485 e. The topological polar surface area (TPSA) is 52.3 Å². The molecule has 3 nitrogen and oxygen atoms in total. The van der Waals surface area contributed by atoms with Gasteiger partial charge in [0.15, 0.2) is 6.61 Å².